The van der Waals surface area contributed by atoms with Gasteiger partial charge >= 0.3 is 0 Å². The summed E-state index contributed by atoms with van der Waals surface area (Å²) in [5.74, 6) is 1.03. The Balaban J connectivity index is 1.53. The van der Waals surface area contributed by atoms with Gasteiger partial charge in [0, 0.05) is 29.1 Å². The van der Waals surface area contributed by atoms with Crippen LogP contribution in [-0.4, -0.2) is 20.2 Å². The second-order valence-corrected chi connectivity index (χ2v) is 6.56. The molecule has 1 fully saturated rings. The van der Waals surface area contributed by atoms with Gasteiger partial charge in [-0.05, 0) is 47.0 Å². The van der Waals surface area contributed by atoms with E-state index in [-0.39, 0.29) is 17.7 Å². The van der Waals surface area contributed by atoms with Crippen molar-refractivity contribution in [3.63, 3.8) is 0 Å². The summed E-state index contributed by atoms with van der Waals surface area (Å²) in [5.41, 5.74) is 6.94. The van der Waals surface area contributed by atoms with Crippen LogP contribution in [0.4, 0.5) is 11.6 Å². The Labute approximate surface area is 140 Å². The van der Waals surface area contributed by atoms with Crippen LogP contribution < -0.4 is 11.1 Å². The molecular formula is C15H12ClN5OS. The minimum absolute atomic E-state index is 0.0185. The fourth-order valence-electron chi connectivity index (χ4n) is 2.68. The van der Waals surface area contributed by atoms with E-state index in [0.29, 0.717) is 22.2 Å². The van der Waals surface area contributed by atoms with E-state index in [1.54, 1.807) is 18.3 Å². The first-order valence-corrected chi connectivity index (χ1v) is 8.25. The number of nitrogen functional groups attached to an aromatic ring is 1. The first kappa shape index (κ1) is 14.3. The number of halogens is 1. The molecule has 23 heavy (non-hydrogen) atoms. The highest BCUT2D eigenvalue weighted by Crippen LogP contribution is 2.48. The third kappa shape index (κ3) is 2.73. The molecule has 1 amide bonds. The minimum atomic E-state index is -0.0267. The Bertz CT molecular complexity index is 898. The molecule has 3 aromatic rings. The van der Waals surface area contributed by atoms with Crippen LogP contribution in [0, 0.1) is 5.92 Å². The number of pyridine rings is 2. The number of amides is 1. The van der Waals surface area contributed by atoms with E-state index in [4.69, 9.17) is 17.3 Å². The molecule has 4 rings (SSSR count). The average molecular weight is 346 g/mol. The van der Waals surface area contributed by atoms with Gasteiger partial charge < -0.3 is 11.1 Å². The van der Waals surface area contributed by atoms with Crippen LogP contribution in [0.1, 0.15) is 17.9 Å². The quantitative estimate of drug-likeness (QED) is 0.711. The standard InChI is InChI=1S/C15H12ClN5OS/c16-12-1-7-2-13(18-5-11(7)14(17)20-12)21-15(22)10-3-9(10)8-4-19-23-6-8/h1-2,4-6,9-10H,3H2,(H2,17,20)(H,18,21,22)/t9-,10+/m0/s1. The van der Waals surface area contributed by atoms with Crippen molar-refractivity contribution in [3.8, 4) is 0 Å². The number of hydrogen-bond donors (Lipinski definition) is 2. The molecule has 3 aromatic heterocycles. The van der Waals surface area contributed by atoms with E-state index in [0.717, 1.165) is 17.4 Å². The predicted molar refractivity (Wildman–Crippen MR) is 90.6 cm³/mol. The summed E-state index contributed by atoms with van der Waals surface area (Å²) in [5, 5.41) is 6.66. The zero-order valence-electron chi connectivity index (χ0n) is 11.9. The summed E-state index contributed by atoms with van der Waals surface area (Å²) < 4.78 is 4.08. The molecule has 0 spiro atoms. The van der Waals surface area contributed by atoms with Crippen molar-refractivity contribution in [2.24, 2.45) is 5.92 Å². The molecule has 1 aliphatic carbocycles. The molecule has 0 unspecified atom stereocenters. The maximum atomic E-state index is 12.3. The fourth-order valence-corrected chi connectivity index (χ4v) is 3.49. The second kappa shape index (κ2) is 5.43. The Morgan fingerprint density at radius 1 is 1.39 bits per heavy atom. The van der Waals surface area contributed by atoms with Crippen LogP contribution in [0.5, 0.6) is 0 Å². The van der Waals surface area contributed by atoms with Crippen molar-refractivity contribution < 1.29 is 4.79 Å². The number of anilines is 2. The third-order valence-electron chi connectivity index (χ3n) is 3.97. The highest BCUT2D eigenvalue weighted by atomic mass is 35.5. The van der Waals surface area contributed by atoms with Gasteiger partial charge in [-0.2, -0.15) is 0 Å². The molecule has 3 heterocycles. The number of hydrogen-bond acceptors (Lipinski definition) is 6. The number of nitrogens with two attached hydrogens (primary N) is 1. The van der Waals surface area contributed by atoms with E-state index in [1.807, 2.05) is 11.6 Å². The Morgan fingerprint density at radius 3 is 3.04 bits per heavy atom. The molecule has 116 valence electrons. The Kier molecular flexibility index (Phi) is 3.39. The van der Waals surface area contributed by atoms with Crippen molar-refractivity contribution in [1.29, 1.82) is 0 Å². The van der Waals surface area contributed by atoms with Crippen molar-refractivity contribution in [1.82, 2.24) is 14.3 Å². The highest BCUT2D eigenvalue weighted by Gasteiger charge is 2.44. The lowest BCUT2D eigenvalue weighted by molar-refractivity contribution is -0.117. The van der Waals surface area contributed by atoms with Crippen LogP contribution in [0.2, 0.25) is 5.15 Å². The second-order valence-electron chi connectivity index (χ2n) is 5.52. The van der Waals surface area contributed by atoms with E-state index < -0.39 is 0 Å². The Morgan fingerprint density at radius 2 is 2.26 bits per heavy atom. The number of nitrogens with zero attached hydrogens (tertiary/aromatic N) is 3. The molecule has 0 saturated heterocycles. The van der Waals surface area contributed by atoms with Crippen LogP contribution in [0.3, 0.4) is 0 Å². The topological polar surface area (TPSA) is 93.8 Å². The summed E-state index contributed by atoms with van der Waals surface area (Å²) in [4.78, 5) is 20.5. The molecule has 0 bridgehead atoms. The zero-order valence-corrected chi connectivity index (χ0v) is 13.4. The highest BCUT2D eigenvalue weighted by molar-refractivity contribution is 7.03. The molecule has 1 saturated carbocycles. The van der Waals surface area contributed by atoms with Crippen LogP contribution >= 0.6 is 23.1 Å². The molecule has 0 aromatic carbocycles. The maximum absolute atomic E-state index is 12.3. The molecule has 1 aliphatic rings. The van der Waals surface area contributed by atoms with Crippen molar-refractivity contribution in [2.75, 3.05) is 11.1 Å². The van der Waals surface area contributed by atoms with Gasteiger partial charge in [-0.3, -0.25) is 4.79 Å². The van der Waals surface area contributed by atoms with Crippen molar-refractivity contribution >= 4 is 51.4 Å². The van der Waals surface area contributed by atoms with Gasteiger partial charge in [0.1, 0.15) is 16.8 Å². The van der Waals surface area contributed by atoms with Gasteiger partial charge in [0.05, 0.1) is 0 Å². The normalized spacial score (nSPS) is 19.7. The number of carbonyl (C=O) groups excluding carboxylic acids is 1. The van der Waals surface area contributed by atoms with Gasteiger partial charge in [0.15, 0.2) is 0 Å². The SMILES string of the molecule is Nc1nc(Cl)cc2cc(NC(=O)[C@@H]3C[C@H]3c3cnsc3)ncc12. The van der Waals surface area contributed by atoms with Crippen molar-refractivity contribution in [3.05, 3.63) is 40.6 Å². The number of aromatic nitrogens is 3. The number of nitrogens with one attached hydrogen (secondary N) is 1. The van der Waals surface area contributed by atoms with Gasteiger partial charge in [-0.1, -0.05) is 11.6 Å². The maximum Gasteiger partial charge on any atom is 0.229 e. The monoisotopic (exact) mass is 345 g/mol. The lowest BCUT2D eigenvalue weighted by Crippen LogP contribution is -2.15. The number of fused-ring (bicyclic) bond motifs is 1. The number of rotatable bonds is 3. The summed E-state index contributed by atoms with van der Waals surface area (Å²) in [6.45, 7) is 0. The lowest BCUT2D eigenvalue weighted by atomic mass is 10.2. The van der Waals surface area contributed by atoms with Crippen LogP contribution in [0.15, 0.2) is 29.9 Å². The van der Waals surface area contributed by atoms with E-state index >= 15 is 0 Å². The van der Waals surface area contributed by atoms with Crippen LogP contribution in [-0.2, 0) is 4.79 Å². The summed E-state index contributed by atoms with van der Waals surface area (Å²) in [7, 11) is 0. The fraction of sp³-hybridized carbons (Fsp3) is 0.200. The largest absolute Gasteiger partial charge is 0.383 e. The number of carbonyl (C=O) groups is 1. The van der Waals surface area contributed by atoms with E-state index in [1.165, 1.54) is 11.5 Å². The van der Waals surface area contributed by atoms with Gasteiger partial charge in [0.25, 0.3) is 0 Å². The molecule has 8 heteroatoms. The molecule has 0 aliphatic heterocycles. The lowest BCUT2D eigenvalue weighted by Gasteiger charge is -2.07. The first-order chi connectivity index (χ1) is 11.1. The van der Waals surface area contributed by atoms with Gasteiger partial charge in [-0.15, -0.1) is 0 Å². The predicted octanol–water partition coefficient (Wildman–Crippen LogP) is 3.06. The summed E-state index contributed by atoms with van der Waals surface area (Å²) in [6.07, 6.45) is 4.27. The third-order valence-corrected chi connectivity index (χ3v) is 4.77. The van der Waals surface area contributed by atoms with Gasteiger partial charge in [-0.25, -0.2) is 14.3 Å². The summed E-state index contributed by atoms with van der Waals surface area (Å²) >= 11 is 7.32. The summed E-state index contributed by atoms with van der Waals surface area (Å²) in [6, 6.07) is 3.45. The first-order valence-electron chi connectivity index (χ1n) is 7.04. The van der Waals surface area contributed by atoms with Gasteiger partial charge in [0.2, 0.25) is 5.91 Å². The van der Waals surface area contributed by atoms with E-state index in [9.17, 15) is 4.79 Å². The molecule has 3 N–H and O–H groups in total. The zero-order chi connectivity index (χ0) is 16.0. The minimum Gasteiger partial charge on any atom is -0.383 e. The van der Waals surface area contributed by atoms with Crippen molar-refractivity contribution in [2.45, 2.75) is 12.3 Å². The molecule has 6 nitrogen and oxygen atoms in total. The molecular weight excluding hydrogens is 334 g/mol. The Hall–Kier alpha value is -2.25. The average Bonchev–Trinajstić information content (AvgIpc) is 3.13. The van der Waals surface area contributed by atoms with E-state index in [2.05, 4.69) is 19.7 Å². The van der Waals surface area contributed by atoms with Crippen LogP contribution in [0.25, 0.3) is 10.8 Å². The molecule has 0 radical (unpaired) electrons. The molecule has 2 atom stereocenters. The smallest absolute Gasteiger partial charge is 0.229 e.